The molecule has 0 saturated carbocycles. The van der Waals surface area contributed by atoms with E-state index < -0.39 is 0 Å². The number of benzene rings is 6. The Hall–Kier alpha value is -4.29. The third kappa shape index (κ3) is 7.02. The van der Waals surface area contributed by atoms with Crippen molar-refractivity contribution in [1.29, 1.82) is 0 Å². The normalized spacial score (nSPS) is 10.9. The molecular weight excluding hydrogens is 609 g/mol. The maximum Gasteiger partial charge on any atom is 0.194 e. The molecular formula is C40H30O2S3. The first-order chi connectivity index (χ1) is 22.0. The van der Waals surface area contributed by atoms with E-state index >= 15 is 0 Å². The summed E-state index contributed by atoms with van der Waals surface area (Å²) in [7, 11) is 0. The Bertz CT molecular complexity index is 1800. The second kappa shape index (κ2) is 14.2. The van der Waals surface area contributed by atoms with Gasteiger partial charge in [0.1, 0.15) is 0 Å². The van der Waals surface area contributed by atoms with Crippen LogP contribution in [0.15, 0.2) is 165 Å². The lowest BCUT2D eigenvalue weighted by Gasteiger charge is -2.09. The molecule has 6 aromatic rings. The molecule has 0 spiro atoms. The van der Waals surface area contributed by atoms with Crippen molar-refractivity contribution in [1.82, 2.24) is 0 Å². The highest BCUT2D eigenvalue weighted by molar-refractivity contribution is 7.99. The second-order valence-electron chi connectivity index (χ2n) is 10.4. The molecule has 0 aliphatic rings. The van der Waals surface area contributed by atoms with Gasteiger partial charge >= 0.3 is 0 Å². The first-order valence-electron chi connectivity index (χ1n) is 14.5. The largest absolute Gasteiger partial charge is 0.289 e. The molecule has 0 heterocycles. The SMILES string of the molecule is CSc1ccccc1C(=O)c1ccc(-c2ccc(Sc3ccc(-c4ccc(C(=O)c5ccccc5SC)cc4)cc3)cc2)cc1. The van der Waals surface area contributed by atoms with Gasteiger partial charge in [-0.15, -0.1) is 23.5 Å². The Kier molecular flexibility index (Phi) is 9.70. The molecule has 0 bridgehead atoms. The van der Waals surface area contributed by atoms with Gasteiger partial charge in [-0.3, -0.25) is 9.59 Å². The third-order valence-corrected chi connectivity index (χ3v) is 10.2. The van der Waals surface area contributed by atoms with Gasteiger partial charge in [0.2, 0.25) is 0 Å². The van der Waals surface area contributed by atoms with Crippen LogP contribution in [-0.2, 0) is 0 Å². The second-order valence-corrected chi connectivity index (χ2v) is 13.2. The van der Waals surface area contributed by atoms with Crippen molar-refractivity contribution >= 4 is 46.9 Å². The fraction of sp³-hybridized carbons (Fsp3) is 0.0500. The summed E-state index contributed by atoms with van der Waals surface area (Å²) in [6, 6.07) is 48.2. The molecule has 0 N–H and O–H groups in total. The van der Waals surface area contributed by atoms with E-state index in [-0.39, 0.29) is 11.6 Å². The highest BCUT2D eigenvalue weighted by Crippen LogP contribution is 2.32. The molecule has 0 atom stereocenters. The topological polar surface area (TPSA) is 34.1 Å². The lowest BCUT2D eigenvalue weighted by Crippen LogP contribution is -2.02. The minimum atomic E-state index is 0.0456. The molecule has 0 aliphatic heterocycles. The summed E-state index contributed by atoms with van der Waals surface area (Å²) >= 11 is 4.89. The van der Waals surface area contributed by atoms with Crippen molar-refractivity contribution in [2.75, 3.05) is 12.5 Å². The predicted molar refractivity (Wildman–Crippen MR) is 191 cm³/mol. The number of hydrogen-bond acceptors (Lipinski definition) is 5. The zero-order chi connectivity index (χ0) is 31.2. The maximum atomic E-state index is 13.1. The minimum Gasteiger partial charge on any atom is -0.289 e. The summed E-state index contributed by atoms with van der Waals surface area (Å²) in [5.74, 6) is 0.0911. The quantitative estimate of drug-likeness (QED) is 0.110. The molecule has 45 heavy (non-hydrogen) atoms. The van der Waals surface area contributed by atoms with Gasteiger partial charge in [-0.2, -0.15) is 0 Å². The third-order valence-electron chi connectivity index (χ3n) is 7.61. The first-order valence-corrected chi connectivity index (χ1v) is 17.7. The van der Waals surface area contributed by atoms with E-state index in [2.05, 4.69) is 48.5 Å². The monoisotopic (exact) mass is 638 g/mol. The summed E-state index contributed by atoms with van der Waals surface area (Å²) < 4.78 is 0. The van der Waals surface area contributed by atoms with Crippen molar-refractivity contribution in [2.45, 2.75) is 19.6 Å². The summed E-state index contributed by atoms with van der Waals surface area (Å²) in [5.41, 5.74) is 7.23. The zero-order valence-corrected chi connectivity index (χ0v) is 27.3. The average Bonchev–Trinajstić information content (AvgIpc) is 3.12. The van der Waals surface area contributed by atoms with Crippen LogP contribution in [0.3, 0.4) is 0 Å². The van der Waals surface area contributed by atoms with Crippen LogP contribution >= 0.6 is 35.3 Å². The summed E-state index contributed by atoms with van der Waals surface area (Å²) in [4.78, 5) is 30.4. The van der Waals surface area contributed by atoms with Crippen LogP contribution in [-0.4, -0.2) is 24.1 Å². The van der Waals surface area contributed by atoms with Gasteiger partial charge in [-0.05, 0) is 83.3 Å². The molecule has 0 unspecified atom stereocenters. The average molecular weight is 639 g/mol. The van der Waals surface area contributed by atoms with Crippen molar-refractivity contribution in [3.63, 3.8) is 0 Å². The molecule has 0 saturated heterocycles. The molecule has 2 nitrogen and oxygen atoms in total. The fourth-order valence-electron chi connectivity index (χ4n) is 5.17. The van der Waals surface area contributed by atoms with E-state index in [4.69, 9.17) is 0 Å². The smallest absolute Gasteiger partial charge is 0.194 e. The van der Waals surface area contributed by atoms with Crippen LogP contribution in [0, 0.1) is 0 Å². The molecule has 0 amide bonds. The van der Waals surface area contributed by atoms with Crippen molar-refractivity contribution in [2.24, 2.45) is 0 Å². The van der Waals surface area contributed by atoms with Gasteiger partial charge in [0.25, 0.3) is 0 Å². The molecule has 5 heteroatoms. The Labute approximate surface area is 277 Å². The first kappa shape index (κ1) is 30.7. The van der Waals surface area contributed by atoms with Gasteiger partial charge in [-0.1, -0.05) is 109 Å². The number of ketones is 2. The van der Waals surface area contributed by atoms with Crippen LogP contribution in [0.4, 0.5) is 0 Å². The van der Waals surface area contributed by atoms with E-state index in [1.807, 2.05) is 110 Å². The Balaban J connectivity index is 1.09. The van der Waals surface area contributed by atoms with Gasteiger partial charge in [-0.25, -0.2) is 0 Å². The lowest BCUT2D eigenvalue weighted by molar-refractivity contribution is 0.102. The van der Waals surface area contributed by atoms with E-state index in [9.17, 15) is 9.59 Å². The highest BCUT2D eigenvalue weighted by Gasteiger charge is 2.14. The maximum absolute atomic E-state index is 13.1. The van der Waals surface area contributed by atoms with Crippen molar-refractivity contribution in [3.05, 3.63) is 168 Å². The summed E-state index contributed by atoms with van der Waals surface area (Å²) in [6.45, 7) is 0. The molecule has 6 rings (SSSR count). The molecule has 0 radical (unpaired) electrons. The van der Waals surface area contributed by atoms with E-state index in [0.717, 1.165) is 53.0 Å². The van der Waals surface area contributed by atoms with Gasteiger partial charge in [0.15, 0.2) is 11.6 Å². The molecule has 0 aliphatic carbocycles. The Morgan fingerprint density at radius 3 is 1.04 bits per heavy atom. The van der Waals surface area contributed by atoms with Crippen LogP contribution < -0.4 is 0 Å². The van der Waals surface area contributed by atoms with Crippen molar-refractivity contribution < 1.29 is 9.59 Å². The number of thioether (sulfide) groups is 2. The van der Waals surface area contributed by atoms with Crippen LogP contribution in [0.25, 0.3) is 22.3 Å². The van der Waals surface area contributed by atoms with Crippen molar-refractivity contribution in [3.8, 4) is 22.3 Å². The number of carbonyl (C=O) groups excluding carboxylic acids is 2. The predicted octanol–water partition coefficient (Wildman–Crippen LogP) is 11.1. The number of carbonyl (C=O) groups is 2. The van der Waals surface area contributed by atoms with E-state index in [1.165, 1.54) is 0 Å². The highest BCUT2D eigenvalue weighted by atomic mass is 32.2. The van der Waals surface area contributed by atoms with Gasteiger partial charge < -0.3 is 0 Å². The fourth-order valence-corrected chi connectivity index (χ4v) is 7.18. The Morgan fingerprint density at radius 2 is 0.711 bits per heavy atom. The standard InChI is InChI=1S/C40H30O2S3/c1-43-37-9-5-3-7-35(37)39(41)31-15-11-27(12-16-31)29-19-23-33(24-20-29)45-34-25-21-30(22-26-34)28-13-17-32(18-14-28)40(42)36-8-4-6-10-38(36)44-2/h3-26H,1-2H3. The minimum absolute atomic E-state index is 0.0456. The van der Waals surface area contributed by atoms with Crippen LogP contribution in [0.5, 0.6) is 0 Å². The summed E-state index contributed by atoms with van der Waals surface area (Å²) in [5, 5.41) is 0. The molecule has 0 fully saturated rings. The molecule has 0 aromatic heterocycles. The lowest BCUT2D eigenvalue weighted by atomic mass is 9.99. The molecule has 220 valence electrons. The summed E-state index contributed by atoms with van der Waals surface area (Å²) in [6.07, 6.45) is 3.98. The van der Waals surface area contributed by atoms with Crippen LogP contribution in [0.2, 0.25) is 0 Å². The zero-order valence-electron chi connectivity index (χ0n) is 24.9. The van der Waals surface area contributed by atoms with Gasteiger partial charge in [0, 0.05) is 41.8 Å². The molecule has 6 aromatic carbocycles. The van der Waals surface area contributed by atoms with E-state index in [1.54, 1.807) is 35.3 Å². The number of rotatable bonds is 10. The Morgan fingerprint density at radius 1 is 0.400 bits per heavy atom. The van der Waals surface area contributed by atoms with E-state index in [0.29, 0.717) is 11.1 Å². The number of hydrogen-bond donors (Lipinski definition) is 0. The van der Waals surface area contributed by atoms with Gasteiger partial charge in [0.05, 0.1) is 0 Å². The van der Waals surface area contributed by atoms with Crippen LogP contribution in [0.1, 0.15) is 31.8 Å².